The number of likely N-dealkylation sites (tertiary alicyclic amines) is 1. The predicted molar refractivity (Wildman–Crippen MR) is 118 cm³/mol. The van der Waals surface area contributed by atoms with Crippen LogP contribution in [-0.4, -0.2) is 48.1 Å². The maximum atomic E-state index is 12.4. The minimum absolute atomic E-state index is 0.238. The third kappa shape index (κ3) is 6.34. The van der Waals surface area contributed by atoms with Gasteiger partial charge in [-0.15, -0.1) is 0 Å². The molecule has 0 spiro atoms. The van der Waals surface area contributed by atoms with Crippen molar-refractivity contribution >= 4 is 11.9 Å². The summed E-state index contributed by atoms with van der Waals surface area (Å²) < 4.78 is 5.36. The molecule has 1 saturated heterocycles. The number of hydrogen-bond acceptors (Lipinski definition) is 4. The zero-order valence-electron chi connectivity index (χ0n) is 18.2. The number of benzene rings is 1. The van der Waals surface area contributed by atoms with Crippen LogP contribution in [-0.2, 0) is 17.8 Å². The molecule has 30 heavy (non-hydrogen) atoms. The van der Waals surface area contributed by atoms with E-state index in [9.17, 15) is 4.79 Å². The number of aromatic nitrogens is 1. The van der Waals surface area contributed by atoms with Crippen molar-refractivity contribution in [3.63, 3.8) is 0 Å². The molecule has 2 heterocycles. The number of amides is 1. The second kappa shape index (κ2) is 10.8. The molecule has 0 aliphatic carbocycles. The fourth-order valence-electron chi connectivity index (χ4n) is 3.53. The highest BCUT2D eigenvalue weighted by Crippen LogP contribution is 2.18. The van der Waals surface area contributed by atoms with Gasteiger partial charge in [0.25, 0.3) is 0 Å². The quantitative estimate of drug-likeness (QED) is 0.490. The first kappa shape index (κ1) is 21.9. The number of nitrogens with zero attached hydrogens (tertiary/aromatic N) is 3. The maximum absolute atomic E-state index is 12.4. The van der Waals surface area contributed by atoms with Crippen LogP contribution in [0.15, 0.2) is 45.9 Å². The normalized spacial score (nSPS) is 17.1. The van der Waals surface area contributed by atoms with Crippen LogP contribution in [0.5, 0.6) is 0 Å². The molecule has 1 aromatic carbocycles. The highest BCUT2D eigenvalue weighted by molar-refractivity contribution is 5.81. The monoisotopic (exact) mass is 411 g/mol. The van der Waals surface area contributed by atoms with Crippen molar-refractivity contribution in [1.29, 1.82) is 0 Å². The topological polar surface area (TPSA) is 82.8 Å². The first-order valence-corrected chi connectivity index (χ1v) is 10.8. The zero-order valence-corrected chi connectivity index (χ0v) is 18.2. The Hall–Kier alpha value is -2.83. The zero-order chi connectivity index (χ0) is 21.3. The second-order valence-electron chi connectivity index (χ2n) is 8.09. The molecule has 2 N–H and O–H groups in total. The van der Waals surface area contributed by atoms with Crippen LogP contribution in [0.4, 0.5) is 0 Å². The minimum Gasteiger partial charge on any atom is -0.359 e. The van der Waals surface area contributed by atoms with Gasteiger partial charge in [0.15, 0.2) is 11.7 Å². The van der Waals surface area contributed by atoms with Crippen LogP contribution in [0.2, 0.25) is 0 Å². The van der Waals surface area contributed by atoms with Gasteiger partial charge >= 0.3 is 0 Å². The Morgan fingerprint density at radius 3 is 2.80 bits per heavy atom. The first-order valence-electron chi connectivity index (χ1n) is 10.8. The van der Waals surface area contributed by atoms with Crippen LogP contribution >= 0.6 is 0 Å². The fraction of sp³-hybridized carbons (Fsp3) is 0.522. The number of nitrogens with one attached hydrogen (secondary N) is 2. The third-order valence-electron chi connectivity index (χ3n) is 5.27. The van der Waals surface area contributed by atoms with E-state index < -0.39 is 0 Å². The van der Waals surface area contributed by atoms with E-state index in [4.69, 9.17) is 4.52 Å². The molecule has 1 amide bonds. The molecule has 0 saturated carbocycles. The van der Waals surface area contributed by atoms with Crippen LogP contribution in [0.3, 0.4) is 0 Å². The lowest BCUT2D eigenvalue weighted by Gasteiger charge is -2.17. The Morgan fingerprint density at radius 1 is 1.30 bits per heavy atom. The summed E-state index contributed by atoms with van der Waals surface area (Å²) >= 11 is 0. The molecule has 0 bridgehead atoms. The molecule has 2 aromatic rings. The Kier molecular flexibility index (Phi) is 7.88. The van der Waals surface area contributed by atoms with E-state index in [-0.39, 0.29) is 11.8 Å². The molecular weight excluding hydrogens is 378 g/mol. The smallest absolute Gasteiger partial charge is 0.223 e. The molecule has 3 rings (SSSR count). The van der Waals surface area contributed by atoms with Crippen molar-refractivity contribution < 1.29 is 9.32 Å². The molecule has 1 aliphatic heterocycles. The van der Waals surface area contributed by atoms with Crippen molar-refractivity contribution in [2.75, 3.05) is 26.2 Å². The van der Waals surface area contributed by atoms with E-state index in [0.29, 0.717) is 25.4 Å². The summed E-state index contributed by atoms with van der Waals surface area (Å²) in [5.74, 6) is 2.34. The Bertz CT molecular complexity index is 831. The van der Waals surface area contributed by atoms with Gasteiger partial charge in [-0.1, -0.05) is 49.3 Å². The van der Waals surface area contributed by atoms with Gasteiger partial charge in [0.05, 0.1) is 5.69 Å². The molecule has 7 heteroatoms. The number of carbonyl (C=O) groups excluding carboxylic acids is 1. The number of hydrogen-bond donors (Lipinski definition) is 2. The molecule has 1 aromatic heterocycles. The SMILES string of the molecule is CCNC(=NCc1cc(C(C)C)no1)NCC1CC(=O)N(CCc2ccccc2)C1. The van der Waals surface area contributed by atoms with Crippen LogP contribution in [0, 0.1) is 5.92 Å². The van der Waals surface area contributed by atoms with Gasteiger partial charge in [-0.05, 0) is 24.8 Å². The van der Waals surface area contributed by atoms with Gasteiger partial charge < -0.3 is 20.1 Å². The first-order chi connectivity index (χ1) is 14.5. The predicted octanol–water partition coefficient (Wildman–Crippen LogP) is 2.94. The maximum Gasteiger partial charge on any atom is 0.223 e. The summed E-state index contributed by atoms with van der Waals surface area (Å²) in [4.78, 5) is 18.9. The summed E-state index contributed by atoms with van der Waals surface area (Å²) in [5.41, 5.74) is 2.21. The Balaban J connectivity index is 1.47. The number of carbonyl (C=O) groups is 1. The Labute approximate surface area is 178 Å². The van der Waals surface area contributed by atoms with Gasteiger partial charge in [-0.2, -0.15) is 0 Å². The van der Waals surface area contributed by atoms with Gasteiger partial charge in [-0.3, -0.25) is 4.79 Å². The largest absolute Gasteiger partial charge is 0.359 e. The number of aliphatic imine (C=N–C) groups is 1. The van der Waals surface area contributed by atoms with E-state index in [0.717, 1.165) is 43.5 Å². The summed E-state index contributed by atoms with van der Waals surface area (Å²) in [7, 11) is 0. The van der Waals surface area contributed by atoms with Crippen molar-refractivity contribution in [1.82, 2.24) is 20.7 Å². The van der Waals surface area contributed by atoms with Crippen molar-refractivity contribution in [2.45, 2.75) is 46.1 Å². The average Bonchev–Trinajstić information content (AvgIpc) is 3.36. The number of rotatable bonds is 9. The molecule has 162 valence electrons. The summed E-state index contributed by atoms with van der Waals surface area (Å²) in [6.07, 6.45) is 1.48. The van der Waals surface area contributed by atoms with Crippen LogP contribution in [0.25, 0.3) is 0 Å². The van der Waals surface area contributed by atoms with E-state index in [1.165, 1.54) is 5.56 Å². The molecule has 1 aliphatic rings. The van der Waals surface area contributed by atoms with Crippen LogP contribution in [0.1, 0.15) is 50.1 Å². The minimum atomic E-state index is 0.238. The third-order valence-corrected chi connectivity index (χ3v) is 5.27. The second-order valence-corrected chi connectivity index (χ2v) is 8.09. The lowest BCUT2D eigenvalue weighted by Crippen LogP contribution is -2.40. The molecular formula is C23H33N5O2. The molecule has 1 unspecified atom stereocenters. The van der Waals surface area contributed by atoms with E-state index in [1.54, 1.807) is 0 Å². The van der Waals surface area contributed by atoms with Crippen molar-refractivity contribution in [2.24, 2.45) is 10.9 Å². The molecule has 1 atom stereocenters. The van der Waals surface area contributed by atoms with E-state index in [2.05, 4.69) is 46.8 Å². The van der Waals surface area contributed by atoms with Crippen molar-refractivity contribution in [3.8, 4) is 0 Å². The number of guanidine groups is 1. The Morgan fingerprint density at radius 2 is 2.10 bits per heavy atom. The standard InChI is InChI=1S/C23H33N5O2/c1-4-24-23(26-15-20-13-21(17(2)3)27-30-20)25-14-19-12-22(29)28(16-19)11-10-18-8-6-5-7-9-18/h5-9,13,17,19H,4,10-12,14-16H2,1-3H3,(H2,24,25,26). The molecule has 7 nitrogen and oxygen atoms in total. The lowest BCUT2D eigenvalue weighted by atomic mass is 10.1. The van der Waals surface area contributed by atoms with Crippen molar-refractivity contribution in [3.05, 3.63) is 53.4 Å². The summed E-state index contributed by atoms with van der Waals surface area (Å²) in [6, 6.07) is 12.3. The van der Waals surface area contributed by atoms with Gasteiger partial charge in [0, 0.05) is 44.6 Å². The van der Waals surface area contributed by atoms with E-state index >= 15 is 0 Å². The van der Waals surface area contributed by atoms with Crippen LogP contribution < -0.4 is 10.6 Å². The summed E-state index contributed by atoms with van der Waals surface area (Å²) in [6.45, 7) is 9.69. The van der Waals surface area contributed by atoms with Gasteiger partial charge in [-0.25, -0.2) is 4.99 Å². The molecule has 1 fully saturated rings. The lowest BCUT2D eigenvalue weighted by molar-refractivity contribution is -0.127. The fourth-order valence-corrected chi connectivity index (χ4v) is 3.53. The highest BCUT2D eigenvalue weighted by Gasteiger charge is 2.29. The average molecular weight is 412 g/mol. The van der Waals surface area contributed by atoms with Gasteiger partial charge in [0.2, 0.25) is 5.91 Å². The summed E-state index contributed by atoms with van der Waals surface area (Å²) in [5, 5.41) is 10.7. The highest BCUT2D eigenvalue weighted by atomic mass is 16.5. The van der Waals surface area contributed by atoms with E-state index in [1.807, 2.05) is 36.1 Å². The molecule has 0 radical (unpaired) electrons. The van der Waals surface area contributed by atoms with Gasteiger partial charge in [0.1, 0.15) is 6.54 Å².